The molecule has 126 valence electrons. The van der Waals surface area contributed by atoms with Gasteiger partial charge < -0.3 is 14.8 Å². The van der Waals surface area contributed by atoms with Gasteiger partial charge in [-0.05, 0) is 12.1 Å². The van der Waals surface area contributed by atoms with Crippen LogP contribution >= 0.6 is 46.6 Å². The first-order valence-corrected chi connectivity index (χ1v) is 8.70. The fraction of sp³-hybridized carbons (Fsp3) is 0.286. The molecular formula is C14H15Cl3N2O3S. The van der Waals surface area contributed by atoms with Crippen LogP contribution in [0.5, 0.6) is 0 Å². The van der Waals surface area contributed by atoms with Gasteiger partial charge in [0.05, 0.1) is 13.2 Å². The highest BCUT2D eigenvalue weighted by molar-refractivity contribution is 8.03. The van der Waals surface area contributed by atoms with Gasteiger partial charge in [0.15, 0.2) is 0 Å². The van der Waals surface area contributed by atoms with E-state index in [2.05, 4.69) is 0 Å². The van der Waals surface area contributed by atoms with Crippen molar-refractivity contribution in [1.82, 2.24) is 4.90 Å². The highest BCUT2D eigenvalue weighted by Gasteiger charge is 2.27. The number of quaternary nitrogens is 1. The number of thioether (sulfide) groups is 1. The van der Waals surface area contributed by atoms with Crippen LogP contribution in [-0.2, 0) is 4.74 Å². The van der Waals surface area contributed by atoms with E-state index in [0.29, 0.717) is 31.3 Å². The van der Waals surface area contributed by atoms with E-state index >= 15 is 0 Å². The van der Waals surface area contributed by atoms with Crippen LogP contribution in [0.3, 0.4) is 0 Å². The van der Waals surface area contributed by atoms with Crippen molar-refractivity contribution >= 4 is 46.6 Å². The van der Waals surface area contributed by atoms with Crippen molar-refractivity contribution in [3.8, 4) is 0 Å². The number of hydroxylamine groups is 2. The molecule has 1 heterocycles. The average molecular weight is 398 g/mol. The Hall–Kier alpha value is -0.440. The van der Waals surface area contributed by atoms with Gasteiger partial charge in [-0.2, -0.15) is 5.23 Å². The Balaban J connectivity index is 2.48. The van der Waals surface area contributed by atoms with Crippen molar-refractivity contribution in [2.24, 2.45) is 0 Å². The zero-order valence-electron chi connectivity index (χ0n) is 12.0. The Labute approximate surface area is 153 Å². The van der Waals surface area contributed by atoms with E-state index in [9.17, 15) is 10.4 Å². The number of halogens is 3. The molecule has 2 N–H and O–H groups in total. The molecule has 2 rings (SSSR count). The Bertz CT molecular complexity index is 586. The molecule has 0 aliphatic carbocycles. The summed E-state index contributed by atoms with van der Waals surface area (Å²) in [5.74, 6) is 0. The number of rotatable bonds is 5. The molecule has 1 fully saturated rings. The lowest BCUT2D eigenvalue weighted by Gasteiger charge is -2.32. The van der Waals surface area contributed by atoms with Gasteiger partial charge in [0.1, 0.15) is 14.6 Å². The van der Waals surface area contributed by atoms with Gasteiger partial charge in [-0.3, -0.25) is 0 Å². The zero-order valence-corrected chi connectivity index (χ0v) is 15.1. The minimum Gasteiger partial charge on any atom is -0.595 e. The molecule has 0 radical (unpaired) electrons. The lowest BCUT2D eigenvalue weighted by Crippen LogP contribution is -3.03. The van der Waals surface area contributed by atoms with Crippen LogP contribution < -0.4 is 5.23 Å². The van der Waals surface area contributed by atoms with Crippen LogP contribution in [0, 0.1) is 5.21 Å². The molecule has 23 heavy (non-hydrogen) atoms. The second-order valence-corrected chi connectivity index (χ2v) is 6.96. The largest absolute Gasteiger partial charge is 0.595 e. The third kappa shape index (κ3) is 5.27. The molecular weight excluding hydrogens is 383 g/mol. The number of hydrogen-bond donors (Lipinski definition) is 2. The highest BCUT2D eigenvalue weighted by atomic mass is 35.5. The minimum absolute atomic E-state index is 0.109. The Morgan fingerprint density at radius 1 is 1.17 bits per heavy atom. The summed E-state index contributed by atoms with van der Waals surface area (Å²) in [7, 11) is 0. The van der Waals surface area contributed by atoms with E-state index in [1.807, 2.05) is 35.2 Å². The highest BCUT2D eigenvalue weighted by Crippen LogP contribution is 2.35. The number of morpholine rings is 1. The van der Waals surface area contributed by atoms with E-state index in [1.165, 1.54) is 11.8 Å². The van der Waals surface area contributed by atoms with Crippen LogP contribution in [0.15, 0.2) is 55.5 Å². The van der Waals surface area contributed by atoms with E-state index in [0.717, 1.165) is 4.90 Å². The van der Waals surface area contributed by atoms with Gasteiger partial charge in [-0.15, -0.1) is 0 Å². The number of ether oxygens (including phenoxy) is 1. The predicted octanol–water partition coefficient (Wildman–Crippen LogP) is 2.94. The Kier molecular flexibility index (Phi) is 7.52. The number of nitrogens with zero attached hydrogens (tertiary/aromatic N) is 1. The van der Waals surface area contributed by atoms with Crippen molar-refractivity contribution < 1.29 is 15.2 Å². The van der Waals surface area contributed by atoms with Crippen molar-refractivity contribution in [3.63, 3.8) is 0 Å². The molecule has 1 saturated heterocycles. The average Bonchev–Trinajstić information content (AvgIpc) is 2.55. The topological polar surface area (TPSA) is 60.2 Å². The first-order valence-electron chi connectivity index (χ1n) is 6.75. The molecule has 0 amide bonds. The van der Waals surface area contributed by atoms with Gasteiger partial charge >= 0.3 is 0 Å². The fourth-order valence-corrected chi connectivity index (χ4v) is 3.55. The molecule has 1 aromatic rings. The van der Waals surface area contributed by atoms with Gasteiger partial charge in [-0.1, -0.05) is 64.8 Å². The molecule has 1 aliphatic rings. The maximum atomic E-state index is 11.8. The first-order chi connectivity index (χ1) is 11.0. The summed E-state index contributed by atoms with van der Waals surface area (Å²) >= 11 is 18.8. The Morgan fingerprint density at radius 3 is 2.30 bits per heavy atom. The molecule has 9 heteroatoms. The van der Waals surface area contributed by atoms with Crippen molar-refractivity contribution in [1.29, 1.82) is 0 Å². The van der Waals surface area contributed by atoms with Crippen molar-refractivity contribution in [3.05, 3.63) is 55.8 Å². The van der Waals surface area contributed by atoms with Crippen molar-refractivity contribution in [2.45, 2.75) is 4.90 Å². The molecule has 0 spiro atoms. The second-order valence-electron chi connectivity index (χ2n) is 4.57. The summed E-state index contributed by atoms with van der Waals surface area (Å²) in [6, 6.07) is 9.44. The molecule has 1 aromatic carbocycles. The normalized spacial score (nSPS) is 17.5. The molecule has 0 bridgehead atoms. The fourth-order valence-electron chi connectivity index (χ4n) is 2.01. The van der Waals surface area contributed by atoms with E-state index in [-0.39, 0.29) is 15.2 Å². The maximum Gasteiger partial charge on any atom is 0.215 e. The third-order valence-electron chi connectivity index (χ3n) is 3.07. The molecule has 0 aromatic heterocycles. The van der Waals surface area contributed by atoms with Crippen LogP contribution in [0.2, 0.25) is 0 Å². The maximum absolute atomic E-state index is 11.8. The predicted molar refractivity (Wildman–Crippen MR) is 92.4 cm³/mol. The van der Waals surface area contributed by atoms with Gasteiger partial charge in [0.25, 0.3) is 0 Å². The Morgan fingerprint density at radius 2 is 1.78 bits per heavy atom. The van der Waals surface area contributed by atoms with Crippen LogP contribution in [0.4, 0.5) is 0 Å². The molecule has 0 saturated carbocycles. The third-order valence-corrected chi connectivity index (χ3v) is 5.18. The summed E-state index contributed by atoms with van der Waals surface area (Å²) < 4.78 is 5.06. The minimum atomic E-state index is -1.18. The smallest absolute Gasteiger partial charge is 0.215 e. The number of allylic oxidation sites excluding steroid dienone is 1. The van der Waals surface area contributed by atoms with Gasteiger partial charge in [-0.25, -0.2) is 5.21 Å². The van der Waals surface area contributed by atoms with E-state index < -0.39 is 5.23 Å². The standard InChI is InChI=1S/C14H15Cl3N2O3S/c15-11(13(16)17)12(19(20)21)14(18-6-8-22-9-7-18)23-10-4-2-1-3-5-10/h1-5,19-20H,6-9H2/b14-12+. The van der Waals surface area contributed by atoms with Crippen LogP contribution in [0.25, 0.3) is 0 Å². The number of benzene rings is 1. The summed E-state index contributed by atoms with van der Waals surface area (Å²) in [4.78, 5) is 2.81. The van der Waals surface area contributed by atoms with Crippen LogP contribution in [0.1, 0.15) is 0 Å². The quantitative estimate of drug-likeness (QED) is 0.454. The summed E-state index contributed by atoms with van der Waals surface area (Å²) in [5, 5.41) is 20.5. The lowest BCUT2D eigenvalue weighted by atomic mass is 10.4. The summed E-state index contributed by atoms with van der Waals surface area (Å²) in [6.07, 6.45) is 0. The number of nitrogens with one attached hydrogen (secondary N) is 1. The van der Waals surface area contributed by atoms with Gasteiger partial charge in [0.2, 0.25) is 5.70 Å². The zero-order chi connectivity index (χ0) is 16.8. The SMILES string of the molecule is [O-][NH+](O)/C(C(Cl)=C(Cl)Cl)=C(/Sc1ccccc1)N1CCOCC1. The van der Waals surface area contributed by atoms with Gasteiger partial charge in [0, 0.05) is 18.0 Å². The number of hydrogen-bond acceptors (Lipinski definition) is 5. The molecule has 1 aliphatic heterocycles. The van der Waals surface area contributed by atoms with Crippen molar-refractivity contribution in [2.75, 3.05) is 26.3 Å². The first kappa shape index (κ1) is 18.9. The van der Waals surface area contributed by atoms with E-state index in [4.69, 9.17) is 39.5 Å². The molecule has 1 unspecified atom stereocenters. The summed E-state index contributed by atoms with van der Waals surface area (Å²) in [6.45, 7) is 2.16. The lowest BCUT2D eigenvalue weighted by molar-refractivity contribution is -1.01. The molecule has 5 nitrogen and oxygen atoms in total. The monoisotopic (exact) mass is 396 g/mol. The van der Waals surface area contributed by atoms with E-state index in [1.54, 1.807) is 0 Å². The van der Waals surface area contributed by atoms with Crippen LogP contribution in [-0.4, -0.2) is 36.4 Å². The molecule has 1 atom stereocenters. The summed E-state index contributed by atoms with van der Waals surface area (Å²) in [5.41, 5.74) is -0.109. The second kappa shape index (κ2) is 9.15.